The average Bonchev–Trinajstić information content (AvgIpc) is 2.88. The van der Waals surface area contributed by atoms with Crippen LogP contribution >= 0.6 is 0 Å². The van der Waals surface area contributed by atoms with Crippen LogP contribution in [0.5, 0.6) is 5.75 Å². The SMILES string of the molecule is CCCCCCCCCCCCCCOc1cc(C[n+]2ccccc2)cc(C[n+]2ccccc2)c1. The number of pyridine rings is 2. The number of ether oxygens (including phenoxy) is 1. The summed E-state index contributed by atoms with van der Waals surface area (Å²) in [6.45, 7) is 4.79. The van der Waals surface area contributed by atoms with Gasteiger partial charge in [-0.3, -0.25) is 0 Å². The van der Waals surface area contributed by atoms with Crippen molar-refractivity contribution in [3.05, 3.63) is 90.5 Å². The van der Waals surface area contributed by atoms with Crippen molar-refractivity contribution in [2.45, 2.75) is 97.1 Å². The maximum absolute atomic E-state index is 6.24. The third-order valence-electron chi connectivity index (χ3n) is 6.58. The van der Waals surface area contributed by atoms with Crippen molar-refractivity contribution in [3.63, 3.8) is 0 Å². The number of hydrogen-bond acceptors (Lipinski definition) is 1. The summed E-state index contributed by atoms with van der Waals surface area (Å²) in [5, 5.41) is 0. The molecule has 0 saturated carbocycles. The second-order valence-corrected chi connectivity index (χ2v) is 9.82. The molecular weight excluding hydrogens is 428 g/mol. The molecule has 0 unspecified atom stereocenters. The quantitative estimate of drug-likeness (QED) is 0.138. The Morgan fingerprint density at radius 3 is 1.40 bits per heavy atom. The van der Waals surface area contributed by atoms with Crippen molar-refractivity contribution in [1.29, 1.82) is 0 Å². The summed E-state index contributed by atoms with van der Waals surface area (Å²) < 4.78 is 10.7. The van der Waals surface area contributed by atoms with Crippen molar-refractivity contribution >= 4 is 0 Å². The maximum atomic E-state index is 6.24. The number of hydrogen-bond donors (Lipinski definition) is 0. The lowest BCUT2D eigenvalue weighted by Gasteiger charge is -2.10. The van der Waals surface area contributed by atoms with Gasteiger partial charge in [0.2, 0.25) is 0 Å². The zero-order chi connectivity index (χ0) is 24.4. The van der Waals surface area contributed by atoms with Gasteiger partial charge < -0.3 is 4.74 Å². The number of nitrogens with zero attached hydrogens (tertiary/aromatic N) is 2. The molecule has 0 aliphatic heterocycles. The predicted octanol–water partition coefficient (Wildman–Crippen LogP) is 7.44. The van der Waals surface area contributed by atoms with E-state index in [1.165, 1.54) is 81.8 Å². The van der Waals surface area contributed by atoms with Crippen molar-refractivity contribution < 1.29 is 13.9 Å². The highest BCUT2D eigenvalue weighted by molar-refractivity contribution is 5.34. The first-order valence-corrected chi connectivity index (χ1v) is 14.0. The van der Waals surface area contributed by atoms with Gasteiger partial charge in [0, 0.05) is 35.4 Å². The minimum Gasteiger partial charge on any atom is -0.494 e. The van der Waals surface area contributed by atoms with Gasteiger partial charge in [-0.15, -0.1) is 0 Å². The highest BCUT2D eigenvalue weighted by Gasteiger charge is 2.10. The minimum absolute atomic E-state index is 0.803. The van der Waals surface area contributed by atoms with Crippen LogP contribution in [-0.2, 0) is 13.1 Å². The smallest absolute Gasteiger partial charge is 0.173 e. The molecule has 0 spiro atoms. The summed E-state index contributed by atoms with van der Waals surface area (Å²) in [6, 6.07) is 19.1. The predicted molar refractivity (Wildman–Crippen MR) is 144 cm³/mol. The monoisotopic (exact) mass is 474 g/mol. The summed E-state index contributed by atoms with van der Waals surface area (Å²) in [5.41, 5.74) is 2.56. The summed E-state index contributed by atoms with van der Waals surface area (Å²) in [4.78, 5) is 0. The molecule has 2 heterocycles. The van der Waals surface area contributed by atoms with E-state index in [1.807, 2.05) is 0 Å². The van der Waals surface area contributed by atoms with Crippen molar-refractivity contribution in [2.75, 3.05) is 6.61 Å². The highest BCUT2D eigenvalue weighted by Crippen LogP contribution is 2.19. The molecule has 0 radical (unpaired) electrons. The van der Waals surface area contributed by atoms with Gasteiger partial charge in [0.1, 0.15) is 5.75 Å². The van der Waals surface area contributed by atoms with Crippen LogP contribution in [0.1, 0.15) is 95.1 Å². The molecule has 0 saturated heterocycles. The first-order chi connectivity index (χ1) is 17.3. The summed E-state index contributed by atoms with van der Waals surface area (Å²) in [6.07, 6.45) is 24.9. The zero-order valence-electron chi connectivity index (χ0n) is 21.9. The molecule has 0 aliphatic carbocycles. The molecule has 0 N–H and O–H groups in total. The Labute approximate surface area is 213 Å². The van der Waals surface area contributed by atoms with Gasteiger partial charge in [-0.05, 0) is 24.6 Å². The Morgan fingerprint density at radius 1 is 0.514 bits per heavy atom. The molecule has 35 heavy (non-hydrogen) atoms. The number of aromatic nitrogens is 2. The molecule has 3 nitrogen and oxygen atoms in total. The standard InChI is InChI=1S/C32H46N2O/c1-2-3-4-5-6-7-8-9-10-11-12-19-24-35-32-26-30(28-33-20-15-13-16-21-33)25-31(27-32)29-34-22-17-14-18-23-34/h13-18,20-23,25-27H,2-12,19,24,28-29H2,1H3/q+2. The molecule has 3 heteroatoms. The fourth-order valence-corrected chi connectivity index (χ4v) is 4.63. The van der Waals surface area contributed by atoms with Crippen LogP contribution in [0.15, 0.2) is 79.4 Å². The first kappa shape index (κ1) is 26.9. The molecular formula is C32H46N2O+2. The third-order valence-corrected chi connectivity index (χ3v) is 6.58. The van der Waals surface area contributed by atoms with E-state index in [0.29, 0.717) is 0 Å². The fourth-order valence-electron chi connectivity index (χ4n) is 4.63. The molecule has 0 aliphatic rings. The fraction of sp³-hybridized carbons (Fsp3) is 0.500. The van der Waals surface area contributed by atoms with Gasteiger partial charge in [-0.25, -0.2) is 9.13 Å². The minimum atomic E-state index is 0.803. The maximum Gasteiger partial charge on any atom is 0.173 e. The topological polar surface area (TPSA) is 17.0 Å². The zero-order valence-corrected chi connectivity index (χ0v) is 21.9. The molecule has 1 aromatic carbocycles. The molecule has 0 bridgehead atoms. The molecule has 3 aromatic rings. The molecule has 0 amide bonds. The molecule has 0 fully saturated rings. The van der Waals surface area contributed by atoms with E-state index in [9.17, 15) is 0 Å². The van der Waals surface area contributed by atoms with Crippen LogP contribution in [0.3, 0.4) is 0 Å². The Morgan fingerprint density at radius 2 is 0.943 bits per heavy atom. The van der Waals surface area contributed by atoms with E-state index >= 15 is 0 Å². The molecule has 2 aromatic heterocycles. The number of rotatable bonds is 18. The van der Waals surface area contributed by atoms with Crippen LogP contribution in [0.2, 0.25) is 0 Å². The van der Waals surface area contributed by atoms with E-state index < -0.39 is 0 Å². The molecule has 0 atom stereocenters. The van der Waals surface area contributed by atoms with Crippen molar-refractivity contribution in [1.82, 2.24) is 0 Å². The first-order valence-electron chi connectivity index (χ1n) is 14.0. The van der Waals surface area contributed by atoms with Crippen LogP contribution in [-0.4, -0.2) is 6.61 Å². The third kappa shape index (κ3) is 11.5. The van der Waals surface area contributed by atoms with E-state index in [2.05, 4.69) is 95.4 Å². The van der Waals surface area contributed by atoms with Crippen LogP contribution in [0.25, 0.3) is 0 Å². The highest BCUT2D eigenvalue weighted by atomic mass is 16.5. The number of benzene rings is 1. The Hall–Kier alpha value is -2.68. The van der Waals surface area contributed by atoms with E-state index in [4.69, 9.17) is 4.74 Å². The largest absolute Gasteiger partial charge is 0.494 e. The average molecular weight is 475 g/mol. The van der Waals surface area contributed by atoms with Gasteiger partial charge in [-0.2, -0.15) is 0 Å². The van der Waals surface area contributed by atoms with Crippen LogP contribution in [0.4, 0.5) is 0 Å². The van der Waals surface area contributed by atoms with Crippen LogP contribution in [0, 0.1) is 0 Å². The summed E-state index contributed by atoms with van der Waals surface area (Å²) >= 11 is 0. The van der Waals surface area contributed by atoms with Gasteiger partial charge >= 0.3 is 0 Å². The van der Waals surface area contributed by atoms with E-state index in [-0.39, 0.29) is 0 Å². The second-order valence-electron chi connectivity index (χ2n) is 9.82. The molecule has 188 valence electrons. The Kier molecular flexibility index (Phi) is 13.0. The van der Waals surface area contributed by atoms with E-state index in [0.717, 1.165) is 31.9 Å². The second kappa shape index (κ2) is 16.9. The lowest BCUT2D eigenvalue weighted by molar-refractivity contribution is -0.689. The van der Waals surface area contributed by atoms with Gasteiger partial charge in [-0.1, -0.05) is 89.7 Å². The molecule has 3 rings (SSSR count). The lowest BCUT2D eigenvalue weighted by atomic mass is 10.1. The van der Waals surface area contributed by atoms with E-state index in [1.54, 1.807) is 0 Å². The van der Waals surface area contributed by atoms with Gasteiger partial charge in [0.15, 0.2) is 37.9 Å². The Balaban J connectivity index is 1.40. The normalized spacial score (nSPS) is 11.0. The van der Waals surface area contributed by atoms with Crippen molar-refractivity contribution in [2.24, 2.45) is 0 Å². The summed E-state index contributed by atoms with van der Waals surface area (Å²) in [5.74, 6) is 0.994. The van der Waals surface area contributed by atoms with Gasteiger partial charge in [0.05, 0.1) is 6.61 Å². The lowest BCUT2D eigenvalue weighted by Crippen LogP contribution is -2.34. The Bertz CT molecular complexity index is 867. The summed E-state index contributed by atoms with van der Waals surface area (Å²) in [7, 11) is 0. The van der Waals surface area contributed by atoms with Crippen LogP contribution < -0.4 is 13.9 Å². The number of unbranched alkanes of at least 4 members (excludes halogenated alkanes) is 11. The van der Waals surface area contributed by atoms with Crippen molar-refractivity contribution in [3.8, 4) is 5.75 Å². The van der Waals surface area contributed by atoms with Gasteiger partial charge in [0.25, 0.3) is 0 Å².